The molecule has 0 saturated heterocycles. The van der Waals surface area contributed by atoms with Crippen LogP contribution in [0.3, 0.4) is 0 Å². The summed E-state index contributed by atoms with van der Waals surface area (Å²) in [4.78, 5) is 5.85. The number of aliphatic imine (C=N–C) groups is 1. The predicted octanol–water partition coefficient (Wildman–Crippen LogP) is 2.67. The van der Waals surface area contributed by atoms with Crippen molar-refractivity contribution in [3.63, 3.8) is 0 Å². The Hall–Kier alpha value is -1.07. The van der Waals surface area contributed by atoms with Gasteiger partial charge in [0, 0.05) is 11.4 Å². The van der Waals surface area contributed by atoms with Crippen LogP contribution < -0.4 is 10.6 Å². The summed E-state index contributed by atoms with van der Waals surface area (Å²) in [5, 5.41) is 19.1. The van der Waals surface area contributed by atoms with E-state index in [4.69, 9.17) is 0 Å². The highest BCUT2D eigenvalue weighted by atomic mass is 32.1. The molecule has 112 valence electrons. The molecule has 1 unspecified atom stereocenters. The van der Waals surface area contributed by atoms with Crippen molar-refractivity contribution >= 4 is 17.3 Å². The SMILES string of the molecule is CCNC(=NCC1(O)CCCC1)NC(C)c1cccs1. The number of thiophene rings is 1. The van der Waals surface area contributed by atoms with Gasteiger partial charge in [0.1, 0.15) is 0 Å². The van der Waals surface area contributed by atoms with E-state index in [1.54, 1.807) is 11.3 Å². The van der Waals surface area contributed by atoms with E-state index in [-0.39, 0.29) is 6.04 Å². The Kier molecular flexibility index (Phi) is 5.43. The summed E-state index contributed by atoms with van der Waals surface area (Å²) in [7, 11) is 0. The second-order valence-electron chi connectivity index (χ2n) is 5.51. The van der Waals surface area contributed by atoms with Gasteiger partial charge in [0.05, 0.1) is 18.2 Å². The summed E-state index contributed by atoms with van der Waals surface area (Å²) in [6, 6.07) is 4.41. The van der Waals surface area contributed by atoms with Crippen LogP contribution in [0.5, 0.6) is 0 Å². The molecule has 0 amide bonds. The molecule has 1 heterocycles. The van der Waals surface area contributed by atoms with Crippen LogP contribution in [0.2, 0.25) is 0 Å². The van der Waals surface area contributed by atoms with Gasteiger partial charge in [0.25, 0.3) is 0 Å². The highest BCUT2D eigenvalue weighted by Crippen LogP contribution is 2.29. The molecule has 4 nitrogen and oxygen atoms in total. The van der Waals surface area contributed by atoms with Crippen molar-refractivity contribution in [3.05, 3.63) is 22.4 Å². The molecule has 1 atom stereocenters. The molecular formula is C15H25N3OS. The first-order valence-corrected chi connectivity index (χ1v) is 8.31. The fraction of sp³-hybridized carbons (Fsp3) is 0.667. The number of nitrogens with one attached hydrogen (secondary N) is 2. The largest absolute Gasteiger partial charge is 0.388 e. The molecule has 0 aliphatic heterocycles. The molecule has 0 spiro atoms. The Bertz CT molecular complexity index is 424. The molecule has 0 radical (unpaired) electrons. The molecule has 1 aliphatic carbocycles. The topological polar surface area (TPSA) is 56.7 Å². The van der Waals surface area contributed by atoms with E-state index in [2.05, 4.69) is 47.0 Å². The molecule has 1 fully saturated rings. The van der Waals surface area contributed by atoms with E-state index in [0.29, 0.717) is 6.54 Å². The predicted molar refractivity (Wildman–Crippen MR) is 85.3 cm³/mol. The summed E-state index contributed by atoms with van der Waals surface area (Å²) in [6.45, 7) is 5.49. The zero-order valence-corrected chi connectivity index (χ0v) is 13.2. The number of rotatable bonds is 5. The lowest BCUT2D eigenvalue weighted by atomic mass is 10.0. The number of guanidine groups is 1. The lowest BCUT2D eigenvalue weighted by Gasteiger charge is -2.22. The molecule has 5 heteroatoms. The smallest absolute Gasteiger partial charge is 0.191 e. The first-order chi connectivity index (χ1) is 9.63. The maximum atomic E-state index is 10.4. The first kappa shape index (κ1) is 15.3. The molecule has 0 aromatic carbocycles. The van der Waals surface area contributed by atoms with Gasteiger partial charge in [0.15, 0.2) is 5.96 Å². The van der Waals surface area contributed by atoms with Crippen LogP contribution in [0, 0.1) is 0 Å². The Morgan fingerprint density at radius 2 is 2.25 bits per heavy atom. The maximum Gasteiger partial charge on any atom is 0.191 e. The number of nitrogens with zero attached hydrogens (tertiary/aromatic N) is 1. The third-order valence-corrected chi connectivity index (χ3v) is 4.79. The molecule has 2 rings (SSSR count). The van der Waals surface area contributed by atoms with E-state index in [1.165, 1.54) is 4.88 Å². The number of aliphatic hydroxyl groups is 1. The van der Waals surface area contributed by atoms with Crippen molar-refractivity contribution in [3.8, 4) is 0 Å². The fourth-order valence-electron chi connectivity index (χ4n) is 2.55. The van der Waals surface area contributed by atoms with Crippen LogP contribution in [-0.2, 0) is 0 Å². The Balaban J connectivity index is 1.95. The van der Waals surface area contributed by atoms with E-state index in [1.807, 2.05) is 0 Å². The molecule has 1 saturated carbocycles. The van der Waals surface area contributed by atoms with Crippen LogP contribution in [0.4, 0.5) is 0 Å². The van der Waals surface area contributed by atoms with Gasteiger partial charge in [-0.05, 0) is 38.1 Å². The Morgan fingerprint density at radius 1 is 1.50 bits per heavy atom. The van der Waals surface area contributed by atoms with Gasteiger partial charge in [-0.25, -0.2) is 0 Å². The van der Waals surface area contributed by atoms with Crippen molar-refractivity contribution in [2.24, 2.45) is 4.99 Å². The average Bonchev–Trinajstić information content (AvgIpc) is 3.08. The van der Waals surface area contributed by atoms with Crippen molar-refractivity contribution in [2.45, 2.75) is 51.2 Å². The third kappa shape index (κ3) is 4.21. The number of hydrogen-bond donors (Lipinski definition) is 3. The van der Waals surface area contributed by atoms with Crippen LogP contribution >= 0.6 is 11.3 Å². The normalized spacial score (nSPS) is 19.9. The van der Waals surface area contributed by atoms with Crippen molar-refractivity contribution in [1.82, 2.24) is 10.6 Å². The Morgan fingerprint density at radius 3 is 2.85 bits per heavy atom. The van der Waals surface area contributed by atoms with Crippen LogP contribution in [0.15, 0.2) is 22.5 Å². The molecule has 1 aromatic heterocycles. The summed E-state index contributed by atoms with van der Waals surface area (Å²) in [6.07, 6.45) is 3.97. The van der Waals surface area contributed by atoms with Crippen LogP contribution in [-0.4, -0.2) is 29.8 Å². The maximum absolute atomic E-state index is 10.4. The summed E-state index contributed by atoms with van der Waals surface area (Å²) in [5.74, 6) is 0.786. The van der Waals surface area contributed by atoms with E-state index in [9.17, 15) is 5.11 Å². The van der Waals surface area contributed by atoms with Gasteiger partial charge in [-0.2, -0.15) is 0 Å². The fourth-order valence-corrected chi connectivity index (χ4v) is 3.29. The lowest BCUT2D eigenvalue weighted by Crippen LogP contribution is -2.40. The highest BCUT2D eigenvalue weighted by molar-refractivity contribution is 7.10. The second-order valence-corrected chi connectivity index (χ2v) is 6.49. The van der Waals surface area contributed by atoms with E-state index < -0.39 is 5.60 Å². The monoisotopic (exact) mass is 295 g/mol. The van der Waals surface area contributed by atoms with Gasteiger partial charge in [0.2, 0.25) is 0 Å². The third-order valence-electron chi connectivity index (χ3n) is 3.73. The first-order valence-electron chi connectivity index (χ1n) is 7.43. The minimum absolute atomic E-state index is 0.228. The molecule has 20 heavy (non-hydrogen) atoms. The van der Waals surface area contributed by atoms with Gasteiger partial charge in [-0.15, -0.1) is 11.3 Å². The van der Waals surface area contributed by atoms with Gasteiger partial charge < -0.3 is 15.7 Å². The van der Waals surface area contributed by atoms with E-state index in [0.717, 1.165) is 38.2 Å². The molecular weight excluding hydrogens is 270 g/mol. The minimum atomic E-state index is -0.589. The summed E-state index contributed by atoms with van der Waals surface area (Å²) >= 11 is 1.74. The van der Waals surface area contributed by atoms with E-state index >= 15 is 0 Å². The van der Waals surface area contributed by atoms with Gasteiger partial charge in [-0.1, -0.05) is 18.9 Å². The summed E-state index contributed by atoms with van der Waals surface area (Å²) in [5.41, 5.74) is -0.589. The van der Waals surface area contributed by atoms with Gasteiger partial charge in [-0.3, -0.25) is 4.99 Å². The van der Waals surface area contributed by atoms with Crippen LogP contribution in [0.25, 0.3) is 0 Å². The van der Waals surface area contributed by atoms with Crippen LogP contribution in [0.1, 0.15) is 50.4 Å². The molecule has 0 bridgehead atoms. The molecule has 3 N–H and O–H groups in total. The van der Waals surface area contributed by atoms with Crippen molar-refractivity contribution in [2.75, 3.05) is 13.1 Å². The van der Waals surface area contributed by atoms with Crippen molar-refractivity contribution < 1.29 is 5.11 Å². The quantitative estimate of drug-likeness (QED) is 0.578. The minimum Gasteiger partial charge on any atom is -0.388 e. The second kappa shape index (κ2) is 7.09. The highest BCUT2D eigenvalue weighted by Gasteiger charge is 2.30. The van der Waals surface area contributed by atoms with Gasteiger partial charge >= 0.3 is 0 Å². The zero-order chi connectivity index (χ0) is 14.4. The molecule has 1 aliphatic rings. The lowest BCUT2D eigenvalue weighted by molar-refractivity contribution is 0.0574. The van der Waals surface area contributed by atoms with Crippen molar-refractivity contribution in [1.29, 1.82) is 0 Å². The zero-order valence-electron chi connectivity index (χ0n) is 12.4. The summed E-state index contributed by atoms with van der Waals surface area (Å²) < 4.78 is 0. The average molecular weight is 295 g/mol. The standard InChI is InChI=1S/C15H25N3OS/c1-3-16-14(17-11-15(19)8-4-5-9-15)18-12(2)13-7-6-10-20-13/h6-7,10,12,19H,3-5,8-9,11H2,1-2H3,(H2,16,17,18). The number of hydrogen-bond acceptors (Lipinski definition) is 3. The molecule has 1 aromatic rings. The Labute approximate surface area is 125 Å².